The van der Waals surface area contributed by atoms with Crippen molar-refractivity contribution in [2.24, 2.45) is 23.7 Å². The number of fused-ring (bicyclic) bond motifs is 5. The molecule has 188 valence electrons. The highest BCUT2D eigenvalue weighted by Crippen LogP contribution is 2.61. The molecule has 2 N–H and O–H groups in total. The molecule has 2 saturated heterocycles. The van der Waals surface area contributed by atoms with Crippen LogP contribution in [0.15, 0.2) is 12.2 Å². The maximum absolute atomic E-state index is 12.6. The van der Waals surface area contributed by atoms with Crippen LogP contribution < -0.4 is 0 Å². The lowest BCUT2D eigenvalue weighted by molar-refractivity contribution is -0.258. The molecule has 7 nitrogen and oxygen atoms in total. The van der Waals surface area contributed by atoms with E-state index in [-0.39, 0.29) is 24.2 Å². The van der Waals surface area contributed by atoms with Crippen molar-refractivity contribution in [2.75, 3.05) is 0 Å². The summed E-state index contributed by atoms with van der Waals surface area (Å²) in [5, 5.41) is 23.7. The Morgan fingerprint density at radius 1 is 1.21 bits per heavy atom. The highest BCUT2D eigenvalue weighted by atomic mass is 16.7. The first-order valence-corrected chi connectivity index (χ1v) is 12.4. The fourth-order valence-corrected chi connectivity index (χ4v) is 6.66. The molecular weight excluding hydrogens is 424 g/mol. The predicted molar refractivity (Wildman–Crippen MR) is 123 cm³/mol. The van der Waals surface area contributed by atoms with E-state index in [4.69, 9.17) is 14.2 Å². The van der Waals surface area contributed by atoms with Gasteiger partial charge in [0.25, 0.3) is 0 Å². The van der Waals surface area contributed by atoms with E-state index in [1.807, 2.05) is 13.8 Å². The second-order valence-corrected chi connectivity index (χ2v) is 11.3. The van der Waals surface area contributed by atoms with Crippen LogP contribution >= 0.6 is 0 Å². The van der Waals surface area contributed by atoms with Crippen LogP contribution in [0.5, 0.6) is 0 Å². The maximum atomic E-state index is 12.6. The van der Waals surface area contributed by atoms with Gasteiger partial charge in [-0.15, -0.1) is 0 Å². The fourth-order valence-electron chi connectivity index (χ4n) is 6.66. The van der Waals surface area contributed by atoms with Crippen molar-refractivity contribution in [3.63, 3.8) is 0 Å². The molecule has 33 heavy (non-hydrogen) atoms. The second kappa shape index (κ2) is 9.31. The van der Waals surface area contributed by atoms with Gasteiger partial charge in [0.1, 0.15) is 11.7 Å². The van der Waals surface area contributed by atoms with E-state index in [1.54, 1.807) is 6.92 Å². The third kappa shape index (κ3) is 5.01. The summed E-state index contributed by atoms with van der Waals surface area (Å²) < 4.78 is 17.9. The maximum Gasteiger partial charge on any atom is 0.306 e. The number of hydrogen-bond acceptors (Lipinski definition) is 7. The van der Waals surface area contributed by atoms with E-state index in [0.717, 1.165) is 6.42 Å². The molecule has 0 aromatic carbocycles. The van der Waals surface area contributed by atoms with Gasteiger partial charge < -0.3 is 24.4 Å². The van der Waals surface area contributed by atoms with Crippen molar-refractivity contribution in [2.45, 2.75) is 116 Å². The average molecular weight is 467 g/mol. The lowest BCUT2D eigenvalue weighted by Gasteiger charge is -2.51. The van der Waals surface area contributed by atoms with Crippen molar-refractivity contribution in [1.29, 1.82) is 0 Å². The van der Waals surface area contributed by atoms with E-state index in [1.165, 1.54) is 6.92 Å². The molecule has 2 aliphatic heterocycles. The van der Waals surface area contributed by atoms with Gasteiger partial charge in [-0.25, -0.2) is 0 Å². The summed E-state index contributed by atoms with van der Waals surface area (Å²) in [6.07, 6.45) is 1.90. The van der Waals surface area contributed by atoms with Crippen LogP contribution in [0, 0.1) is 23.7 Å². The van der Waals surface area contributed by atoms with Crippen molar-refractivity contribution in [3.05, 3.63) is 12.2 Å². The van der Waals surface area contributed by atoms with E-state index in [2.05, 4.69) is 20.4 Å². The van der Waals surface area contributed by atoms with E-state index >= 15 is 0 Å². The number of ether oxygens (including phenoxy) is 3. The van der Waals surface area contributed by atoms with Crippen molar-refractivity contribution >= 4 is 11.9 Å². The highest BCUT2D eigenvalue weighted by Gasteiger charge is 2.69. The van der Waals surface area contributed by atoms with Crippen molar-refractivity contribution < 1.29 is 34.0 Å². The summed E-state index contributed by atoms with van der Waals surface area (Å²) in [5.74, 6) is -2.68. The number of carbonyl (C=O) groups is 2. The molecule has 0 aromatic heterocycles. The Morgan fingerprint density at radius 3 is 2.45 bits per heavy atom. The van der Waals surface area contributed by atoms with Crippen LogP contribution in [0.1, 0.15) is 86.5 Å². The molecule has 0 aromatic rings. The molecule has 2 heterocycles. The molecule has 0 radical (unpaired) electrons. The van der Waals surface area contributed by atoms with Crippen LogP contribution in [0.2, 0.25) is 0 Å². The van der Waals surface area contributed by atoms with Crippen molar-refractivity contribution in [3.8, 4) is 0 Å². The Balaban J connectivity index is 2.09. The van der Waals surface area contributed by atoms with Crippen molar-refractivity contribution in [1.82, 2.24) is 0 Å². The molecule has 8 atom stereocenters. The van der Waals surface area contributed by atoms with Gasteiger partial charge in [-0.3, -0.25) is 9.59 Å². The number of esters is 2. The Kier molecular flexibility index (Phi) is 7.38. The smallest absolute Gasteiger partial charge is 0.306 e. The zero-order chi connectivity index (χ0) is 24.8. The van der Waals surface area contributed by atoms with Crippen LogP contribution in [-0.4, -0.2) is 51.3 Å². The van der Waals surface area contributed by atoms with Gasteiger partial charge in [0.15, 0.2) is 5.79 Å². The summed E-state index contributed by atoms with van der Waals surface area (Å²) >= 11 is 0. The SMILES string of the molecule is C=C1C[C@@]2(O)O[C@H]([C@@H]3[C@@H](C(C)C)CC[C@@](C)(OC(=O)CCC)[C@@H]32)[C@](C)(O)CC[C@H]1OC(C)=O. The first-order valence-electron chi connectivity index (χ1n) is 12.4. The zero-order valence-corrected chi connectivity index (χ0v) is 21.1. The molecular formula is C26H42O7. The number of rotatable bonds is 5. The lowest BCUT2D eigenvalue weighted by Crippen LogP contribution is -2.58. The van der Waals surface area contributed by atoms with Crippen LogP contribution in [0.25, 0.3) is 0 Å². The third-order valence-corrected chi connectivity index (χ3v) is 8.10. The molecule has 3 fully saturated rings. The van der Waals surface area contributed by atoms with E-state index in [9.17, 15) is 19.8 Å². The Hall–Kier alpha value is -1.44. The summed E-state index contributed by atoms with van der Waals surface area (Å²) in [4.78, 5) is 24.3. The molecule has 7 heteroatoms. The molecule has 2 bridgehead atoms. The normalized spacial score (nSPS) is 43.3. The topological polar surface area (TPSA) is 102 Å². The molecule has 0 amide bonds. The summed E-state index contributed by atoms with van der Waals surface area (Å²) in [5.41, 5.74) is -1.67. The molecule has 1 aliphatic carbocycles. The Labute approximate surface area is 197 Å². The van der Waals surface area contributed by atoms with Gasteiger partial charge >= 0.3 is 11.9 Å². The van der Waals surface area contributed by atoms with Crippen LogP contribution in [0.4, 0.5) is 0 Å². The minimum Gasteiger partial charge on any atom is -0.459 e. The largest absolute Gasteiger partial charge is 0.459 e. The van der Waals surface area contributed by atoms with Gasteiger partial charge in [0.2, 0.25) is 0 Å². The van der Waals surface area contributed by atoms with Gasteiger partial charge in [-0.2, -0.15) is 0 Å². The first kappa shape index (κ1) is 26.2. The summed E-state index contributed by atoms with van der Waals surface area (Å²) in [6.45, 7) is 15.3. The van der Waals surface area contributed by atoms with E-state index < -0.39 is 41.1 Å². The van der Waals surface area contributed by atoms with E-state index in [0.29, 0.717) is 43.6 Å². The van der Waals surface area contributed by atoms with Gasteiger partial charge in [0.05, 0.1) is 17.6 Å². The fraction of sp³-hybridized carbons (Fsp3) is 0.846. The molecule has 3 rings (SSSR count). The Bertz CT molecular complexity index is 775. The van der Waals surface area contributed by atoms with Gasteiger partial charge in [-0.1, -0.05) is 27.4 Å². The minimum absolute atomic E-state index is 0.0461. The average Bonchev–Trinajstić information content (AvgIpc) is 3.00. The predicted octanol–water partition coefficient (Wildman–Crippen LogP) is 3.90. The van der Waals surface area contributed by atoms with Crippen LogP contribution in [-0.2, 0) is 23.8 Å². The third-order valence-electron chi connectivity index (χ3n) is 8.10. The molecule has 0 unspecified atom stereocenters. The summed E-state index contributed by atoms with van der Waals surface area (Å²) in [7, 11) is 0. The highest BCUT2D eigenvalue weighted by molar-refractivity contribution is 5.70. The standard InChI is InChI=1S/C26H42O7/c1-8-9-20(28)32-25(7)13-10-18(15(2)3)21-22(25)26(30)14-16(4)19(31-17(5)27)11-12-24(6,29)23(21)33-26/h15,18-19,21-23,29-30H,4,8-14H2,1-3,5-7H3/t18-,19-,21-,22-,23-,24-,25-,26-/m1/s1. The number of aliphatic hydroxyl groups is 2. The Morgan fingerprint density at radius 2 is 1.88 bits per heavy atom. The molecule has 1 saturated carbocycles. The summed E-state index contributed by atoms with van der Waals surface area (Å²) in [6, 6.07) is 0. The van der Waals surface area contributed by atoms with Gasteiger partial charge in [-0.05, 0) is 63.4 Å². The monoisotopic (exact) mass is 466 g/mol. The molecule has 3 aliphatic rings. The number of carbonyl (C=O) groups excluding carboxylic acids is 2. The second-order valence-electron chi connectivity index (χ2n) is 11.3. The lowest BCUT2D eigenvalue weighted by atomic mass is 9.56. The zero-order valence-electron chi connectivity index (χ0n) is 21.1. The first-order chi connectivity index (χ1) is 15.2. The number of hydrogen-bond donors (Lipinski definition) is 2. The quantitative estimate of drug-likeness (QED) is 0.468. The minimum atomic E-state index is -1.70. The van der Waals surface area contributed by atoms with Crippen LogP contribution in [0.3, 0.4) is 0 Å². The van der Waals surface area contributed by atoms with Gasteiger partial charge in [0, 0.05) is 25.7 Å². The molecule has 0 spiro atoms.